The minimum atomic E-state index is -0.137. The number of rotatable bonds is 3. The minimum Gasteiger partial charge on any atom is -0.291 e. The van der Waals surface area contributed by atoms with E-state index in [2.05, 4.69) is 134 Å². The van der Waals surface area contributed by atoms with Crippen LogP contribution in [0.1, 0.15) is 25.0 Å². The van der Waals surface area contributed by atoms with Crippen molar-refractivity contribution < 1.29 is 0 Å². The van der Waals surface area contributed by atoms with Crippen LogP contribution >= 0.6 is 0 Å². The molecule has 216 valence electrons. The molecular weight excluding hydrogens is 558 g/mol. The van der Waals surface area contributed by atoms with E-state index in [9.17, 15) is 0 Å². The van der Waals surface area contributed by atoms with E-state index < -0.39 is 0 Å². The maximum Gasteiger partial charge on any atom is 0.234 e. The molecule has 0 saturated carbocycles. The Morgan fingerprint density at radius 1 is 0.543 bits per heavy atom. The van der Waals surface area contributed by atoms with Gasteiger partial charge in [-0.3, -0.25) is 4.40 Å². The number of benzene rings is 7. The van der Waals surface area contributed by atoms with E-state index >= 15 is 0 Å². The smallest absolute Gasteiger partial charge is 0.234 e. The molecule has 2 aromatic heterocycles. The van der Waals surface area contributed by atoms with Crippen molar-refractivity contribution in [1.82, 2.24) is 14.4 Å². The molecule has 0 atom stereocenters. The molecule has 0 fully saturated rings. The van der Waals surface area contributed by atoms with Gasteiger partial charge in [0.2, 0.25) is 5.78 Å². The molecule has 3 nitrogen and oxygen atoms in total. The lowest BCUT2D eigenvalue weighted by molar-refractivity contribution is 0.663. The molecule has 0 radical (unpaired) electrons. The largest absolute Gasteiger partial charge is 0.291 e. The zero-order valence-electron chi connectivity index (χ0n) is 25.6. The molecule has 7 aromatic carbocycles. The van der Waals surface area contributed by atoms with Gasteiger partial charge in [-0.05, 0) is 113 Å². The normalized spacial score (nSPS) is 13.6. The Morgan fingerprint density at radius 3 is 1.96 bits per heavy atom. The maximum atomic E-state index is 4.71. The molecule has 9 aromatic rings. The molecule has 0 saturated heterocycles. The quantitative estimate of drug-likeness (QED) is 0.193. The highest BCUT2D eigenvalue weighted by Gasteiger charge is 2.35. The third-order valence-corrected chi connectivity index (χ3v) is 10.2. The Balaban J connectivity index is 1.11. The van der Waals surface area contributed by atoms with Crippen molar-refractivity contribution in [2.75, 3.05) is 0 Å². The second-order valence-corrected chi connectivity index (χ2v) is 13.2. The maximum absolute atomic E-state index is 4.71. The SMILES string of the molecule is CC1(C)c2cc(-c3ccc(-c4cn5cccnc5n4)cc3)cc3ccc4cc(-c5cc6ccccc6c6ccccc56)cc1c4c23. The lowest BCUT2D eigenvalue weighted by Crippen LogP contribution is -2.15. The molecule has 2 heterocycles. The average molecular weight is 588 g/mol. The number of fused-ring (bicyclic) bond motifs is 4. The molecule has 1 aliphatic rings. The summed E-state index contributed by atoms with van der Waals surface area (Å²) in [6, 6.07) is 45.0. The zero-order chi connectivity index (χ0) is 30.6. The third-order valence-electron chi connectivity index (χ3n) is 10.2. The Morgan fingerprint density at radius 2 is 1.20 bits per heavy atom. The highest BCUT2D eigenvalue weighted by atomic mass is 15.1. The van der Waals surface area contributed by atoms with Crippen molar-refractivity contribution in [2.24, 2.45) is 0 Å². The highest BCUT2D eigenvalue weighted by molar-refractivity contribution is 6.18. The molecule has 0 unspecified atom stereocenters. The van der Waals surface area contributed by atoms with Gasteiger partial charge in [-0.2, -0.15) is 0 Å². The van der Waals surface area contributed by atoms with E-state index in [4.69, 9.17) is 4.98 Å². The van der Waals surface area contributed by atoms with Crippen molar-refractivity contribution in [2.45, 2.75) is 19.3 Å². The van der Waals surface area contributed by atoms with Crippen molar-refractivity contribution >= 4 is 48.9 Å². The van der Waals surface area contributed by atoms with E-state index in [1.807, 2.05) is 22.9 Å². The van der Waals surface area contributed by atoms with Crippen molar-refractivity contribution in [3.05, 3.63) is 151 Å². The summed E-state index contributed by atoms with van der Waals surface area (Å²) in [4.78, 5) is 9.09. The number of imidazole rings is 1. The van der Waals surface area contributed by atoms with Crippen molar-refractivity contribution in [3.63, 3.8) is 0 Å². The summed E-state index contributed by atoms with van der Waals surface area (Å²) in [5, 5.41) is 10.6. The summed E-state index contributed by atoms with van der Waals surface area (Å²) in [5.41, 5.74) is 9.71. The molecule has 0 spiro atoms. The van der Waals surface area contributed by atoms with Gasteiger partial charge in [-0.15, -0.1) is 0 Å². The fraction of sp³-hybridized carbons (Fsp3) is 0.0698. The van der Waals surface area contributed by atoms with Crippen LogP contribution in [0.4, 0.5) is 0 Å². The predicted octanol–water partition coefficient (Wildman–Crippen LogP) is 11.0. The second-order valence-electron chi connectivity index (χ2n) is 13.2. The van der Waals surface area contributed by atoms with Gasteiger partial charge in [-0.25, -0.2) is 9.97 Å². The van der Waals surface area contributed by atoms with E-state index in [-0.39, 0.29) is 5.41 Å². The fourth-order valence-electron chi connectivity index (χ4n) is 7.88. The van der Waals surface area contributed by atoms with Gasteiger partial charge in [0, 0.05) is 29.6 Å². The van der Waals surface area contributed by atoms with Gasteiger partial charge < -0.3 is 0 Å². The Kier molecular flexibility index (Phi) is 5.06. The Hall–Kier alpha value is -5.80. The molecule has 0 N–H and O–H groups in total. The van der Waals surface area contributed by atoms with Crippen molar-refractivity contribution in [1.29, 1.82) is 0 Å². The van der Waals surface area contributed by atoms with Crippen LogP contribution in [0.2, 0.25) is 0 Å². The number of hydrogen-bond acceptors (Lipinski definition) is 2. The number of aromatic nitrogens is 3. The molecule has 0 aliphatic heterocycles. The first kappa shape index (κ1) is 25.5. The van der Waals surface area contributed by atoms with Crippen LogP contribution in [-0.2, 0) is 5.41 Å². The molecular formula is C43H29N3. The van der Waals surface area contributed by atoms with Crippen molar-refractivity contribution in [3.8, 4) is 33.5 Å². The summed E-state index contributed by atoms with van der Waals surface area (Å²) < 4.78 is 1.96. The summed E-state index contributed by atoms with van der Waals surface area (Å²) in [5.74, 6) is 0.712. The third kappa shape index (κ3) is 3.54. The first-order chi connectivity index (χ1) is 22.5. The van der Waals surface area contributed by atoms with E-state index in [0.717, 1.165) is 11.3 Å². The Labute approximate surface area is 266 Å². The van der Waals surface area contributed by atoms with Gasteiger partial charge >= 0.3 is 0 Å². The van der Waals surface area contributed by atoms with Gasteiger partial charge in [0.15, 0.2) is 0 Å². The highest BCUT2D eigenvalue weighted by Crippen LogP contribution is 2.51. The van der Waals surface area contributed by atoms with Crippen LogP contribution in [0.15, 0.2) is 140 Å². The summed E-state index contributed by atoms with van der Waals surface area (Å²) >= 11 is 0. The first-order valence-corrected chi connectivity index (χ1v) is 15.9. The van der Waals surface area contributed by atoms with Gasteiger partial charge in [0.25, 0.3) is 0 Å². The summed E-state index contributed by atoms with van der Waals surface area (Å²) in [6.45, 7) is 4.78. The van der Waals surface area contributed by atoms with Crippen LogP contribution in [-0.4, -0.2) is 14.4 Å². The summed E-state index contributed by atoms with van der Waals surface area (Å²) in [6.07, 6.45) is 5.79. The number of nitrogens with zero attached hydrogens (tertiary/aromatic N) is 3. The van der Waals surface area contributed by atoms with Crippen LogP contribution in [0.5, 0.6) is 0 Å². The zero-order valence-corrected chi connectivity index (χ0v) is 25.6. The topological polar surface area (TPSA) is 30.2 Å². The Bertz CT molecular complexity index is 2680. The standard InChI is InChI=1S/C43H29N3/c1-43(2)37-23-31(26-12-14-27(15-13-26)39-25-46-19-7-18-44-42(46)45-39)20-29-16-17-30-21-32(24-38(43)41(30)40(29)37)36-22-28-8-3-4-9-33(28)34-10-5-6-11-35(34)36/h3-25H,1-2H3. The molecule has 0 bridgehead atoms. The molecule has 1 aliphatic carbocycles. The molecule has 0 amide bonds. The predicted molar refractivity (Wildman–Crippen MR) is 191 cm³/mol. The van der Waals surface area contributed by atoms with Gasteiger partial charge in [0.05, 0.1) is 5.69 Å². The van der Waals surface area contributed by atoms with E-state index in [1.54, 1.807) is 6.20 Å². The van der Waals surface area contributed by atoms with Crippen LogP contribution in [0, 0.1) is 0 Å². The fourth-order valence-corrected chi connectivity index (χ4v) is 7.88. The minimum absolute atomic E-state index is 0.137. The van der Waals surface area contributed by atoms with E-state index in [0.29, 0.717) is 5.78 Å². The molecule has 10 rings (SSSR count). The van der Waals surface area contributed by atoms with Crippen LogP contribution in [0.3, 0.4) is 0 Å². The monoisotopic (exact) mass is 587 g/mol. The first-order valence-electron chi connectivity index (χ1n) is 15.9. The van der Waals surface area contributed by atoms with Gasteiger partial charge in [0.1, 0.15) is 0 Å². The van der Waals surface area contributed by atoms with Crippen LogP contribution < -0.4 is 0 Å². The van der Waals surface area contributed by atoms with E-state index in [1.165, 1.54) is 76.5 Å². The molecule has 3 heteroatoms. The molecule has 46 heavy (non-hydrogen) atoms. The summed E-state index contributed by atoms with van der Waals surface area (Å²) in [7, 11) is 0. The number of hydrogen-bond donors (Lipinski definition) is 0. The van der Waals surface area contributed by atoms with Crippen LogP contribution in [0.25, 0.3) is 82.4 Å². The average Bonchev–Trinajstić information content (AvgIpc) is 3.64. The second kappa shape index (κ2) is 9.12. The lowest BCUT2D eigenvalue weighted by Gasteiger charge is -2.23. The van der Waals surface area contributed by atoms with Gasteiger partial charge in [-0.1, -0.05) is 98.8 Å². The lowest BCUT2D eigenvalue weighted by atomic mass is 9.79.